The molecule has 0 saturated carbocycles. The summed E-state index contributed by atoms with van der Waals surface area (Å²) in [6.07, 6.45) is 13.6. The van der Waals surface area contributed by atoms with Crippen molar-refractivity contribution in [3.05, 3.63) is 42.2 Å². The molecule has 2 aromatic rings. The van der Waals surface area contributed by atoms with E-state index in [0.29, 0.717) is 18.0 Å². The fourth-order valence-electron chi connectivity index (χ4n) is 5.20. The molecular formula is C33H47N3O5. The Hall–Kier alpha value is -3.29. The van der Waals surface area contributed by atoms with Gasteiger partial charge < -0.3 is 14.9 Å². The molecule has 1 aliphatic rings. The molecule has 1 N–H and O–H groups in total. The van der Waals surface area contributed by atoms with E-state index in [0.717, 1.165) is 30.0 Å². The van der Waals surface area contributed by atoms with E-state index in [-0.39, 0.29) is 24.5 Å². The number of amides is 1. The summed E-state index contributed by atoms with van der Waals surface area (Å²) in [5, 5.41) is 8.96. The standard InChI is InChI=1S/C33H47N3O5/c1-5-6-7-8-9-10-11-12-13-16-21-40-30(38)22-28(25(4)37)35-32(39)33(24(2)3)23-29(36-41-33)31-27-18-15-14-17-26(27)19-20-34-31/h14-15,17-20,24,28H,5-13,16,21-23H2,1-4H3,(H,35,39)/t28?,33-/m1/s1. The molecule has 1 unspecified atom stereocenters. The van der Waals surface area contributed by atoms with Crippen LogP contribution in [0.2, 0.25) is 0 Å². The molecule has 0 bridgehead atoms. The zero-order chi connectivity index (χ0) is 29.7. The van der Waals surface area contributed by atoms with Gasteiger partial charge in [-0.2, -0.15) is 0 Å². The molecular weight excluding hydrogens is 518 g/mol. The SMILES string of the molecule is CCCCCCCCCCCCOC(=O)CC(NC(=O)[C@]1(C(C)C)CC(c2nccc3ccccc23)=NO1)C(C)=O. The van der Waals surface area contributed by atoms with Crippen LogP contribution in [0, 0.1) is 5.92 Å². The van der Waals surface area contributed by atoms with Gasteiger partial charge >= 0.3 is 5.97 Å². The number of pyridine rings is 1. The van der Waals surface area contributed by atoms with Gasteiger partial charge in [0.25, 0.3) is 5.91 Å². The number of carbonyl (C=O) groups excluding carboxylic acids is 3. The molecule has 0 radical (unpaired) electrons. The number of benzene rings is 1. The number of oxime groups is 1. The van der Waals surface area contributed by atoms with Crippen molar-refractivity contribution in [3.8, 4) is 0 Å². The number of hydrogen-bond acceptors (Lipinski definition) is 7. The van der Waals surface area contributed by atoms with Gasteiger partial charge in [-0.25, -0.2) is 0 Å². The average molecular weight is 566 g/mol. The number of carbonyl (C=O) groups is 3. The van der Waals surface area contributed by atoms with Crippen LogP contribution in [-0.4, -0.2) is 46.6 Å². The minimum Gasteiger partial charge on any atom is -0.466 e. The average Bonchev–Trinajstić information content (AvgIpc) is 3.42. The highest BCUT2D eigenvalue weighted by molar-refractivity contribution is 6.12. The molecule has 0 spiro atoms. The molecule has 1 aromatic carbocycles. The van der Waals surface area contributed by atoms with Gasteiger partial charge in [0.15, 0.2) is 5.78 Å². The summed E-state index contributed by atoms with van der Waals surface area (Å²) in [4.78, 5) is 48.8. The molecule has 1 aromatic heterocycles. The lowest BCUT2D eigenvalue weighted by Crippen LogP contribution is -2.55. The van der Waals surface area contributed by atoms with Crippen LogP contribution in [-0.2, 0) is 24.0 Å². The molecule has 0 saturated heterocycles. The second-order valence-electron chi connectivity index (χ2n) is 11.5. The first kappa shape index (κ1) is 32.2. The van der Waals surface area contributed by atoms with Crippen LogP contribution < -0.4 is 5.32 Å². The summed E-state index contributed by atoms with van der Waals surface area (Å²) in [6.45, 7) is 7.66. The van der Waals surface area contributed by atoms with Gasteiger partial charge in [-0.15, -0.1) is 0 Å². The Morgan fingerprint density at radius 3 is 2.29 bits per heavy atom. The number of ketones is 1. The third-order valence-electron chi connectivity index (χ3n) is 7.94. The normalized spacial score (nSPS) is 17.2. The van der Waals surface area contributed by atoms with Crippen molar-refractivity contribution in [2.75, 3.05) is 6.61 Å². The van der Waals surface area contributed by atoms with Gasteiger partial charge in [-0.1, -0.05) is 108 Å². The van der Waals surface area contributed by atoms with Crippen molar-refractivity contribution < 1.29 is 24.0 Å². The fraction of sp³-hybridized carbons (Fsp3) is 0.606. The first-order chi connectivity index (χ1) is 19.8. The third-order valence-corrected chi connectivity index (χ3v) is 7.94. The van der Waals surface area contributed by atoms with Crippen LogP contribution in [0.5, 0.6) is 0 Å². The molecule has 8 heteroatoms. The minimum atomic E-state index is -1.32. The molecule has 2 atom stereocenters. The number of unbranched alkanes of at least 4 members (excludes halogenated alkanes) is 9. The zero-order valence-corrected chi connectivity index (χ0v) is 25.2. The van der Waals surface area contributed by atoms with Gasteiger partial charge in [0, 0.05) is 23.9 Å². The maximum atomic E-state index is 13.6. The van der Waals surface area contributed by atoms with Crippen LogP contribution in [0.25, 0.3) is 10.8 Å². The molecule has 0 aliphatic carbocycles. The van der Waals surface area contributed by atoms with Crippen LogP contribution in [0.1, 0.15) is 110 Å². The number of esters is 1. The number of fused-ring (bicyclic) bond motifs is 1. The number of aromatic nitrogens is 1. The lowest BCUT2D eigenvalue weighted by atomic mass is 9.83. The molecule has 224 valence electrons. The van der Waals surface area contributed by atoms with Crippen LogP contribution in [0.3, 0.4) is 0 Å². The van der Waals surface area contributed by atoms with E-state index in [1.54, 1.807) is 6.20 Å². The monoisotopic (exact) mass is 565 g/mol. The molecule has 3 rings (SSSR count). The summed E-state index contributed by atoms with van der Waals surface area (Å²) < 4.78 is 5.39. The molecule has 41 heavy (non-hydrogen) atoms. The summed E-state index contributed by atoms with van der Waals surface area (Å²) >= 11 is 0. The maximum Gasteiger partial charge on any atom is 0.308 e. The second-order valence-corrected chi connectivity index (χ2v) is 11.5. The first-order valence-corrected chi connectivity index (χ1v) is 15.3. The van der Waals surface area contributed by atoms with Gasteiger partial charge in [0.1, 0.15) is 5.71 Å². The predicted molar refractivity (Wildman–Crippen MR) is 162 cm³/mol. The fourth-order valence-corrected chi connectivity index (χ4v) is 5.20. The van der Waals surface area contributed by atoms with E-state index in [4.69, 9.17) is 9.57 Å². The lowest BCUT2D eigenvalue weighted by Gasteiger charge is -2.30. The highest BCUT2D eigenvalue weighted by atomic mass is 16.7. The Morgan fingerprint density at radius 2 is 1.63 bits per heavy atom. The summed E-state index contributed by atoms with van der Waals surface area (Å²) in [6, 6.07) is 8.76. The number of Topliss-reactive ketones (excluding diaryl/α,β-unsaturated/α-hetero) is 1. The Morgan fingerprint density at radius 1 is 0.976 bits per heavy atom. The van der Waals surface area contributed by atoms with E-state index < -0.39 is 23.5 Å². The Bertz CT molecular complexity index is 1190. The van der Waals surface area contributed by atoms with Crippen molar-refractivity contribution in [3.63, 3.8) is 0 Å². The van der Waals surface area contributed by atoms with Crippen molar-refractivity contribution in [2.24, 2.45) is 11.1 Å². The third kappa shape index (κ3) is 9.10. The number of ether oxygens (including phenoxy) is 1. The van der Waals surface area contributed by atoms with Gasteiger partial charge in [0.05, 0.1) is 24.8 Å². The summed E-state index contributed by atoms with van der Waals surface area (Å²) in [5.74, 6) is -1.55. The smallest absolute Gasteiger partial charge is 0.308 e. The van der Waals surface area contributed by atoms with Crippen LogP contribution >= 0.6 is 0 Å². The van der Waals surface area contributed by atoms with E-state index in [9.17, 15) is 14.4 Å². The van der Waals surface area contributed by atoms with Gasteiger partial charge in [-0.05, 0) is 24.8 Å². The highest BCUT2D eigenvalue weighted by Gasteiger charge is 2.50. The zero-order valence-electron chi connectivity index (χ0n) is 25.2. The van der Waals surface area contributed by atoms with Crippen molar-refractivity contribution >= 4 is 34.1 Å². The molecule has 2 heterocycles. The van der Waals surface area contributed by atoms with Crippen molar-refractivity contribution in [1.82, 2.24) is 10.3 Å². The van der Waals surface area contributed by atoms with Crippen molar-refractivity contribution in [2.45, 2.75) is 116 Å². The number of hydrogen-bond donors (Lipinski definition) is 1. The quantitative estimate of drug-likeness (QED) is 0.160. The Balaban J connectivity index is 1.48. The number of nitrogens with one attached hydrogen (secondary N) is 1. The Kier molecular flexibility index (Phi) is 12.8. The van der Waals surface area contributed by atoms with Gasteiger partial charge in [0.2, 0.25) is 5.60 Å². The predicted octanol–water partition coefficient (Wildman–Crippen LogP) is 6.68. The second kappa shape index (κ2) is 16.2. The minimum absolute atomic E-state index is 0.200. The number of rotatable bonds is 18. The van der Waals surface area contributed by atoms with E-state index in [1.165, 1.54) is 51.9 Å². The van der Waals surface area contributed by atoms with E-state index in [1.807, 2.05) is 44.2 Å². The van der Waals surface area contributed by atoms with E-state index in [2.05, 4.69) is 22.4 Å². The van der Waals surface area contributed by atoms with Crippen LogP contribution in [0.4, 0.5) is 0 Å². The maximum absolute atomic E-state index is 13.6. The number of nitrogens with zero attached hydrogens (tertiary/aromatic N) is 2. The highest BCUT2D eigenvalue weighted by Crippen LogP contribution is 2.35. The Labute approximate surface area is 244 Å². The summed E-state index contributed by atoms with van der Waals surface area (Å²) in [5.41, 5.74) is -0.0836. The van der Waals surface area contributed by atoms with Crippen molar-refractivity contribution in [1.29, 1.82) is 0 Å². The lowest BCUT2D eigenvalue weighted by molar-refractivity contribution is -0.153. The van der Waals surface area contributed by atoms with Crippen LogP contribution in [0.15, 0.2) is 41.7 Å². The van der Waals surface area contributed by atoms with Gasteiger partial charge in [-0.3, -0.25) is 19.4 Å². The van der Waals surface area contributed by atoms with E-state index >= 15 is 0 Å². The molecule has 0 fully saturated rings. The molecule has 8 nitrogen and oxygen atoms in total. The molecule has 1 amide bonds. The molecule has 1 aliphatic heterocycles. The summed E-state index contributed by atoms with van der Waals surface area (Å²) in [7, 11) is 0. The first-order valence-electron chi connectivity index (χ1n) is 15.3. The topological polar surface area (TPSA) is 107 Å². The largest absolute Gasteiger partial charge is 0.466 e.